The molecule has 3 rings (SSSR count). The molecule has 1 aromatic carbocycles. The number of ether oxygens (including phenoxy) is 1. The van der Waals surface area contributed by atoms with Crippen LogP contribution in [0.1, 0.15) is 23.3 Å². The van der Waals surface area contributed by atoms with E-state index in [4.69, 9.17) is 14.4 Å². The third-order valence-electron chi connectivity index (χ3n) is 3.12. The Morgan fingerprint density at radius 3 is 2.95 bits per heavy atom. The van der Waals surface area contributed by atoms with E-state index in [2.05, 4.69) is 5.16 Å². The summed E-state index contributed by atoms with van der Waals surface area (Å²) in [5.41, 5.74) is 0.142. The van der Waals surface area contributed by atoms with E-state index < -0.39 is 11.8 Å². The van der Waals surface area contributed by atoms with Gasteiger partial charge in [-0.15, -0.1) is 0 Å². The lowest BCUT2D eigenvalue weighted by Crippen LogP contribution is -2.02. The van der Waals surface area contributed by atoms with Crippen molar-refractivity contribution >= 4 is 5.97 Å². The van der Waals surface area contributed by atoms with E-state index in [1.807, 2.05) is 0 Å². The summed E-state index contributed by atoms with van der Waals surface area (Å²) in [5, 5.41) is 12.2. The SMILES string of the molecule is O=C(O)c1cc(-c2cccc(F)c2OCC2CC2)on1. The van der Waals surface area contributed by atoms with Gasteiger partial charge in [0.15, 0.2) is 23.0 Å². The van der Waals surface area contributed by atoms with Crippen molar-refractivity contribution in [1.29, 1.82) is 0 Å². The van der Waals surface area contributed by atoms with Crippen LogP contribution in [0.4, 0.5) is 4.39 Å². The fraction of sp³-hybridized carbons (Fsp3) is 0.286. The van der Waals surface area contributed by atoms with Gasteiger partial charge < -0.3 is 14.4 Å². The van der Waals surface area contributed by atoms with E-state index in [-0.39, 0.29) is 17.2 Å². The van der Waals surface area contributed by atoms with E-state index in [1.165, 1.54) is 18.2 Å². The second-order valence-electron chi connectivity index (χ2n) is 4.75. The zero-order chi connectivity index (χ0) is 14.1. The number of carboxylic acids is 1. The molecule has 104 valence electrons. The molecule has 0 radical (unpaired) electrons. The zero-order valence-electron chi connectivity index (χ0n) is 10.5. The summed E-state index contributed by atoms with van der Waals surface area (Å²) in [6, 6.07) is 5.66. The Kier molecular flexibility index (Phi) is 3.14. The highest BCUT2D eigenvalue weighted by Gasteiger charge is 2.24. The number of carbonyl (C=O) groups is 1. The lowest BCUT2D eigenvalue weighted by Gasteiger charge is -2.09. The van der Waals surface area contributed by atoms with Gasteiger partial charge in [-0.3, -0.25) is 0 Å². The molecule has 6 heteroatoms. The van der Waals surface area contributed by atoms with Gasteiger partial charge in [-0.25, -0.2) is 9.18 Å². The van der Waals surface area contributed by atoms with Gasteiger partial charge in [-0.1, -0.05) is 11.2 Å². The molecule has 1 aliphatic rings. The lowest BCUT2D eigenvalue weighted by atomic mass is 10.1. The normalized spacial score (nSPS) is 14.2. The quantitative estimate of drug-likeness (QED) is 0.909. The smallest absolute Gasteiger partial charge is 0.358 e. The number of para-hydroxylation sites is 1. The highest BCUT2D eigenvalue weighted by molar-refractivity contribution is 5.86. The van der Waals surface area contributed by atoms with E-state index in [0.717, 1.165) is 12.8 Å². The summed E-state index contributed by atoms with van der Waals surface area (Å²) in [4.78, 5) is 10.8. The number of hydrogen-bond acceptors (Lipinski definition) is 4. The maximum atomic E-state index is 13.9. The maximum Gasteiger partial charge on any atom is 0.358 e. The standard InChI is InChI=1S/C14H12FNO4/c15-10-3-1-2-9(13(10)19-7-8-4-5-8)12-6-11(14(17)18)16-20-12/h1-3,6,8H,4-5,7H2,(H,17,18). The van der Waals surface area contributed by atoms with Crippen LogP contribution in [0.15, 0.2) is 28.8 Å². The van der Waals surface area contributed by atoms with Gasteiger partial charge in [0, 0.05) is 6.07 Å². The van der Waals surface area contributed by atoms with Crippen molar-refractivity contribution in [2.45, 2.75) is 12.8 Å². The van der Waals surface area contributed by atoms with Crippen LogP contribution in [-0.2, 0) is 0 Å². The van der Waals surface area contributed by atoms with Crippen molar-refractivity contribution in [2.75, 3.05) is 6.61 Å². The van der Waals surface area contributed by atoms with Gasteiger partial charge in [0.1, 0.15) is 0 Å². The first-order chi connectivity index (χ1) is 9.65. The molecule has 2 aromatic rings. The predicted molar refractivity (Wildman–Crippen MR) is 67.1 cm³/mol. The molecular weight excluding hydrogens is 265 g/mol. The van der Waals surface area contributed by atoms with Crippen LogP contribution in [0.2, 0.25) is 0 Å². The first-order valence-electron chi connectivity index (χ1n) is 6.27. The molecule has 0 aliphatic heterocycles. The first-order valence-corrected chi connectivity index (χ1v) is 6.27. The Morgan fingerprint density at radius 2 is 2.30 bits per heavy atom. The number of rotatable bonds is 5. The molecule has 0 spiro atoms. The van der Waals surface area contributed by atoms with Crippen LogP contribution in [0.5, 0.6) is 5.75 Å². The fourth-order valence-electron chi connectivity index (χ4n) is 1.84. The molecule has 1 aliphatic carbocycles. The van der Waals surface area contributed by atoms with Crippen molar-refractivity contribution in [3.63, 3.8) is 0 Å². The molecule has 1 aromatic heterocycles. The maximum absolute atomic E-state index is 13.9. The van der Waals surface area contributed by atoms with Crippen LogP contribution < -0.4 is 4.74 Å². The van der Waals surface area contributed by atoms with Gasteiger partial charge >= 0.3 is 5.97 Å². The molecule has 0 unspecified atom stereocenters. The average molecular weight is 277 g/mol. The largest absolute Gasteiger partial charge is 0.489 e. The third-order valence-corrected chi connectivity index (χ3v) is 3.12. The molecule has 0 atom stereocenters. The minimum absolute atomic E-state index is 0.0764. The third kappa shape index (κ3) is 2.49. The molecule has 1 heterocycles. The Hall–Kier alpha value is -2.37. The number of nitrogens with zero attached hydrogens (tertiary/aromatic N) is 1. The molecule has 1 saturated carbocycles. The summed E-state index contributed by atoms with van der Waals surface area (Å²) in [5.74, 6) is -0.972. The van der Waals surface area contributed by atoms with Crippen molar-refractivity contribution in [1.82, 2.24) is 5.16 Å². The Balaban J connectivity index is 1.93. The van der Waals surface area contributed by atoms with E-state index in [9.17, 15) is 9.18 Å². The van der Waals surface area contributed by atoms with Crippen LogP contribution in [-0.4, -0.2) is 22.8 Å². The van der Waals surface area contributed by atoms with E-state index in [1.54, 1.807) is 6.07 Å². The minimum atomic E-state index is -1.20. The van der Waals surface area contributed by atoms with Crippen LogP contribution in [0.3, 0.4) is 0 Å². The van der Waals surface area contributed by atoms with Crippen molar-refractivity contribution < 1.29 is 23.6 Å². The second kappa shape index (κ2) is 4.96. The number of halogens is 1. The molecule has 0 bridgehead atoms. The van der Waals surface area contributed by atoms with Gasteiger partial charge in [0.05, 0.1) is 12.2 Å². The Bertz CT molecular complexity index is 648. The van der Waals surface area contributed by atoms with Crippen LogP contribution in [0.25, 0.3) is 11.3 Å². The number of aromatic carboxylic acids is 1. The highest BCUT2D eigenvalue weighted by Crippen LogP contribution is 2.35. The molecule has 0 saturated heterocycles. The Morgan fingerprint density at radius 1 is 1.50 bits per heavy atom. The summed E-state index contributed by atoms with van der Waals surface area (Å²) in [7, 11) is 0. The second-order valence-corrected chi connectivity index (χ2v) is 4.75. The van der Waals surface area contributed by atoms with Crippen molar-refractivity contribution in [3.05, 3.63) is 35.8 Å². The molecule has 1 N–H and O–H groups in total. The topological polar surface area (TPSA) is 72.6 Å². The fourth-order valence-corrected chi connectivity index (χ4v) is 1.84. The number of aromatic nitrogens is 1. The Labute approximate surface area is 114 Å². The van der Waals surface area contributed by atoms with Gasteiger partial charge in [-0.2, -0.15) is 0 Å². The summed E-state index contributed by atoms with van der Waals surface area (Å²) in [6.07, 6.45) is 2.19. The average Bonchev–Trinajstić information content (AvgIpc) is 3.11. The molecule has 0 amide bonds. The lowest BCUT2D eigenvalue weighted by molar-refractivity contribution is 0.0686. The van der Waals surface area contributed by atoms with E-state index >= 15 is 0 Å². The van der Waals surface area contributed by atoms with Gasteiger partial charge in [0.25, 0.3) is 0 Å². The van der Waals surface area contributed by atoms with E-state index in [0.29, 0.717) is 18.1 Å². The number of benzene rings is 1. The summed E-state index contributed by atoms with van der Waals surface area (Å²) >= 11 is 0. The van der Waals surface area contributed by atoms with Crippen molar-refractivity contribution in [3.8, 4) is 17.1 Å². The van der Waals surface area contributed by atoms with Crippen LogP contribution >= 0.6 is 0 Å². The predicted octanol–water partition coefficient (Wildman–Crippen LogP) is 2.97. The number of hydrogen-bond donors (Lipinski definition) is 1. The monoisotopic (exact) mass is 277 g/mol. The summed E-state index contributed by atoms with van der Waals surface area (Å²) in [6.45, 7) is 0.452. The van der Waals surface area contributed by atoms with Gasteiger partial charge in [0.2, 0.25) is 0 Å². The highest BCUT2D eigenvalue weighted by atomic mass is 19.1. The van der Waals surface area contributed by atoms with Crippen molar-refractivity contribution in [2.24, 2.45) is 5.92 Å². The van der Waals surface area contributed by atoms with Crippen LogP contribution in [0, 0.1) is 11.7 Å². The molecular formula is C14H12FNO4. The zero-order valence-corrected chi connectivity index (χ0v) is 10.5. The summed E-state index contributed by atoms with van der Waals surface area (Å²) < 4.78 is 24.3. The van der Waals surface area contributed by atoms with Gasteiger partial charge in [-0.05, 0) is 30.9 Å². The molecule has 1 fully saturated rings. The minimum Gasteiger partial charge on any atom is -0.489 e. The molecule has 20 heavy (non-hydrogen) atoms. The first kappa shape index (κ1) is 12.7. The molecule has 5 nitrogen and oxygen atoms in total. The number of carboxylic acid groups (broad SMARTS) is 1.